The van der Waals surface area contributed by atoms with Crippen LogP contribution in [0.3, 0.4) is 0 Å². The van der Waals surface area contributed by atoms with E-state index in [1.54, 1.807) is 0 Å². The minimum Gasteiger partial charge on any atom is -0.484 e. The van der Waals surface area contributed by atoms with Crippen LogP contribution in [0.1, 0.15) is 42.9 Å². The van der Waals surface area contributed by atoms with Crippen LogP contribution in [0.15, 0.2) is 36.4 Å². The van der Waals surface area contributed by atoms with Gasteiger partial charge in [0.15, 0.2) is 0 Å². The van der Waals surface area contributed by atoms with Gasteiger partial charge < -0.3 is 9.64 Å². The smallest absolute Gasteiger partial charge is 0.227 e. The molecule has 0 radical (unpaired) electrons. The van der Waals surface area contributed by atoms with Gasteiger partial charge in [-0.25, -0.2) is 0 Å². The monoisotopic (exact) mass is 430 g/mol. The normalized spacial score (nSPS) is 24.3. The van der Waals surface area contributed by atoms with E-state index < -0.39 is 0 Å². The van der Waals surface area contributed by atoms with Crippen LogP contribution < -0.4 is 9.64 Å². The van der Waals surface area contributed by atoms with Crippen LogP contribution >= 0.6 is 23.2 Å². The highest BCUT2D eigenvalue weighted by molar-refractivity contribution is 6.35. The summed E-state index contributed by atoms with van der Waals surface area (Å²) in [6.45, 7) is 2.99. The van der Waals surface area contributed by atoms with E-state index in [0.717, 1.165) is 60.1 Å². The van der Waals surface area contributed by atoms with E-state index in [2.05, 4.69) is 4.90 Å². The van der Waals surface area contributed by atoms with Crippen molar-refractivity contribution in [1.29, 1.82) is 0 Å². The molecular weight excluding hydrogens is 407 g/mol. The molecule has 0 unspecified atom stereocenters. The van der Waals surface area contributed by atoms with Crippen molar-refractivity contribution in [3.63, 3.8) is 0 Å². The molecule has 1 aliphatic carbocycles. The fourth-order valence-corrected chi connectivity index (χ4v) is 5.51. The maximum Gasteiger partial charge on any atom is 0.227 e. The van der Waals surface area contributed by atoms with Gasteiger partial charge in [-0.2, -0.15) is 0 Å². The maximum absolute atomic E-state index is 12.0. The van der Waals surface area contributed by atoms with E-state index >= 15 is 0 Å². The summed E-state index contributed by atoms with van der Waals surface area (Å²) in [7, 11) is 0. The van der Waals surface area contributed by atoms with Gasteiger partial charge in [0.25, 0.3) is 0 Å². The van der Waals surface area contributed by atoms with E-state index in [1.807, 2.05) is 41.3 Å². The number of carbonyl (C=O) groups excluding carboxylic acids is 1. The van der Waals surface area contributed by atoms with Crippen LogP contribution in [0.25, 0.3) is 0 Å². The Bertz CT molecular complexity index is 925. The molecule has 2 aromatic rings. The van der Waals surface area contributed by atoms with Gasteiger partial charge in [0, 0.05) is 34.3 Å². The lowest BCUT2D eigenvalue weighted by Crippen LogP contribution is -2.38. The van der Waals surface area contributed by atoms with Crippen LogP contribution in [0.4, 0.5) is 5.69 Å². The predicted molar refractivity (Wildman–Crippen MR) is 116 cm³/mol. The number of ether oxygens (including phenoxy) is 1. The first kappa shape index (κ1) is 19.2. The van der Waals surface area contributed by atoms with Gasteiger partial charge in [0.2, 0.25) is 5.91 Å². The molecule has 1 amide bonds. The molecule has 6 heteroatoms. The second-order valence-corrected chi connectivity index (χ2v) is 8.99. The van der Waals surface area contributed by atoms with E-state index in [4.69, 9.17) is 27.9 Å². The van der Waals surface area contributed by atoms with Crippen LogP contribution in [-0.2, 0) is 11.2 Å². The molecule has 152 valence electrons. The zero-order valence-electron chi connectivity index (χ0n) is 16.2. The summed E-state index contributed by atoms with van der Waals surface area (Å²) in [6.07, 6.45) is 4.80. The SMILES string of the molecule is O=C1CCCN1c1ccc(O[C@H]2c3cc(Cl)cc(Cl)c3C[C@@H]2N2CCCC2)cc1. The van der Waals surface area contributed by atoms with Gasteiger partial charge >= 0.3 is 0 Å². The van der Waals surface area contributed by atoms with Gasteiger partial charge in [0.1, 0.15) is 11.9 Å². The van der Waals surface area contributed by atoms with Crippen molar-refractivity contribution >= 4 is 34.8 Å². The molecule has 0 spiro atoms. The minimum atomic E-state index is -0.0985. The van der Waals surface area contributed by atoms with Gasteiger partial charge in [-0.15, -0.1) is 0 Å². The quantitative estimate of drug-likeness (QED) is 0.662. The Morgan fingerprint density at radius 2 is 1.72 bits per heavy atom. The van der Waals surface area contributed by atoms with Crippen molar-refractivity contribution < 1.29 is 9.53 Å². The highest BCUT2D eigenvalue weighted by Gasteiger charge is 2.40. The highest BCUT2D eigenvalue weighted by atomic mass is 35.5. The Kier molecular flexibility index (Phi) is 5.19. The number of benzene rings is 2. The maximum atomic E-state index is 12.0. The third-order valence-corrected chi connectivity index (χ3v) is 6.91. The lowest BCUT2D eigenvalue weighted by Gasteiger charge is -2.30. The summed E-state index contributed by atoms with van der Waals surface area (Å²) >= 11 is 12.8. The van der Waals surface area contributed by atoms with Crippen molar-refractivity contribution in [1.82, 2.24) is 4.90 Å². The molecular formula is C23H24Cl2N2O2. The van der Waals surface area contributed by atoms with Crippen molar-refractivity contribution in [2.45, 2.75) is 44.2 Å². The molecule has 3 aliphatic rings. The molecule has 29 heavy (non-hydrogen) atoms. The molecule has 0 N–H and O–H groups in total. The molecule has 0 aromatic heterocycles. The number of carbonyl (C=O) groups is 1. The standard InChI is InChI=1S/C23H24Cl2N2O2/c24-15-12-19-18(20(25)13-15)14-21(26-9-1-2-10-26)23(19)29-17-7-5-16(6-8-17)27-11-3-4-22(27)28/h5-8,12-13,21,23H,1-4,9-11,14H2/t21-,23-/m0/s1. The number of amides is 1. The number of halogens is 2. The summed E-state index contributed by atoms with van der Waals surface area (Å²) in [5, 5.41) is 1.37. The Labute approximate surface area is 181 Å². The third-order valence-electron chi connectivity index (χ3n) is 6.36. The van der Waals surface area contributed by atoms with Gasteiger partial charge in [-0.3, -0.25) is 9.69 Å². The second kappa shape index (κ2) is 7.82. The summed E-state index contributed by atoms with van der Waals surface area (Å²) in [5.74, 6) is 1.00. The summed E-state index contributed by atoms with van der Waals surface area (Å²) in [5.41, 5.74) is 3.18. The van der Waals surface area contributed by atoms with Crippen molar-refractivity contribution in [3.05, 3.63) is 57.6 Å². The van der Waals surface area contributed by atoms with Crippen molar-refractivity contribution in [2.75, 3.05) is 24.5 Å². The summed E-state index contributed by atoms with van der Waals surface area (Å²) < 4.78 is 6.52. The van der Waals surface area contributed by atoms with E-state index in [9.17, 15) is 4.79 Å². The summed E-state index contributed by atoms with van der Waals surface area (Å²) in [6, 6.07) is 12.0. The Morgan fingerprint density at radius 1 is 0.966 bits per heavy atom. The molecule has 2 aromatic carbocycles. The van der Waals surface area contributed by atoms with Gasteiger partial charge in [-0.05, 0) is 80.7 Å². The van der Waals surface area contributed by atoms with E-state index in [-0.39, 0.29) is 18.1 Å². The molecule has 2 atom stereocenters. The summed E-state index contributed by atoms with van der Waals surface area (Å²) in [4.78, 5) is 16.4. The van der Waals surface area contributed by atoms with E-state index in [1.165, 1.54) is 12.8 Å². The topological polar surface area (TPSA) is 32.8 Å². The first-order valence-electron chi connectivity index (χ1n) is 10.4. The molecule has 5 rings (SSSR count). The first-order valence-corrected chi connectivity index (χ1v) is 11.1. The molecule has 2 saturated heterocycles. The van der Waals surface area contributed by atoms with Crippen LogP contribution in [0, 0.1) is 0 Å². The fraction of sp³-hybridized carbons (Fsp3) is 0.435. The second-order valence-electron chi connectivity index (χ2n) is 8.15. The van der Waals surface area contributed by atoms with Crippen LogP contribution in [0.2, 0.25) is 10.0 Å². The number of hydrogen-bond acceptors (Lipinski definition) is 3. The number of fused-ring (bicyclic) bond motifs is 1. The average molecular weight is 431 g/mol. The third kappa shape index (κ3) is 3.63. The number of hydrogen-bond donors (Lipinski definition) is 0. The van der Waals surface area contributed by atoms with Crippen LogP contribution in [-0.4, -0.2) is 36.5 Å². The number of rotatable bonds is 4. The minimum absolute atomic E-state index is 0.0985. The average Bonchev–Trinajstić information content (AvgIpc) is 3.43. The van der Waals surface area contributed by atoms with Crippen LogP contribution in [0.5, 0.6) is 5.75 Å². The fourth-order valence-electron chi connectivity index (χ4n) is 4.92. The first-order chi connectivity index (χ1) is 14.1. The molecule has 0 bridgehead atoms. The lowest BCUT2D eigenvalue weighted by atomic mass is 10.1. The molecule has 2 aliphatic heterocycles. The Balaban J connectivity index is 1.42. The zero-order valence-corrected chi connectivity index (χ0v) is 17.8. The van der Waals surface area contributed by atoms with Crippen molar-refractivity contribution in [2.24, 2.45) is 0 Å². The number of anilines is 1. The van der Waals surface area contributed by atoms with Crippen molar-refractivity contribution in [3.8, 4) is 5.75 Å². The predicted octanol–water partition coefficient (Wildman–Crippen LogP) is 5.26. The van der Waals surface area contributed by atoms with Gasteiger partial charge in [-0.1, -0.05) is 23.2 Å². The number of likely N-dealkylation sites (tertiary alicyclic amines) is 1. The molecule has 0 saturated carbocycles. The number of nitrogens with zero attached hydrogens (tertiary/aromatic N) is 2. The van der Waals surface area contributed by atoms with Gasteiger partial charge in [0.05, 0.1) is 6.04 Å². The van der Waals surface area contributed by atoms with E-state index in [0.29, 0.717) is 11.4 Å². The highest BCUT2D eigenvalue weighted by Crippen LogP contribution is 2.43. The molecule has 2 heterocycles. The molecule has 2 fully saturated rings. The molecule has 4 nitrogen and oxygen atoms in total. The Morgan fingerprint density at radius 3 is 2.41 bits per heavy atom. The lowest BCUT2D eigenvalue weighted by molar-refractivity contribution is -0.117. The Hall–Kier alpha value is -1.75. The largest absolute Gasteiger partial charge is 0.484 e. The zero-order chi connectivity index (χ0) is 20.0.